The van der Waals surface area contributed by atoms with E-state index in [0.717, 1.165) is 12.5 Å². The van der Waals surface area contributed by atoms with Crippen LogP contribution in [-0.4, -0.2) is 29.1 Å². The van der Waals surface area contributed by atoms with Gasteiger partial charge in [0.05, 0.1) is 0 Å². The first-order valence-electron chi connectivity index (χ1n) is 6.17. The smallest absolute Gasteiger partial charge is 0.433 e. The molecule has 2 rings (SSSR count). The lowest BCUT2D eigenvalue weighted by Gasteiger charge is -2.22. The number of nitrogens with zero attached hydrogens (tertiary/aromatic N) is 2. The van der Waals surface area contributed by atoms with Crippen LogP contribution in [0.2, 0.25) is 0 Å². The van der Waals surface area contributed by atoms with Gasteiger partial charge in [-0.2, -0.15) is 13.2 Å². The monoisotopic (exact) mass is 288 g/mol. The van der Waals surface area contributed by atoms with E-state index < -0.39 is 17.8 Å². The Morgan fingerprint density at radius 2 is 2.05 bits per heavy atom. The third-order valence-electron chi connectivity index (χ3n) is 3.37. The van der Waals surface area contributed by atoms with Gasteiger partial charge in [0.15, 0.2) is 0 Å². The number of alkyl halides is 3. The van der Waals surface area contributed by atoms with Gasteiger partial charge in [-0.1, -0.05) is 13.8 Å². The number of hydrogen-bond donors (Lipinski definition) is 1. The second-order valence-corrected chi connectivity index (χ2v) is 5.71. The average molecular weight is 288 g/mol. The van der Waals surface area contributed by atoms with Crippen LogP contribution in [0.25, 0.3) is 0 Å². The lowest BCUT2D eigenvalue weighted by Crippen LogP contribution is -2.26. The van der Waals surface area contributed by atoms with Gasteiger partial charge in [-0.3, -0.25) is 0 Å². The van der Waals surface area contributed by atoms with Crippen LogP contribution in [0, 0.1) is 5.41 Å². The minimum absolute atomic E-state index is 0.0638. The summed E-state index contributed by atoms with van der Waals surface area (Å²) in [5.74, 6) is -1.37. The van der Waals surface area contributed by atoms with Crippen molar-refractivity contribution in [2.75, 3.05) is 18.0 Å². The summed E-state index contributed by atoms with van der Waals surface area (Å²) in [7, 11) is 0. The maximum absolute atomic E-state index is 12.7. The van der Waals surface area contributed by atoms with Crippen molar-refractivity contribution in [3.8, 4) is 0 Å². The number of aromatic nitrogens is 1. The predicted molar refractivity (Wildman–Crippen MR) is 66.8 cm³/mol. The number of hydrogen-bond acceptors (Lipinski definition) is 3. The summed E-state index contributed by atoms with van der Waals surface area (Å²) in [5, 5.41) is 9.10. The van der Waals surface area contributed by atoms with Gasteiger partial charge in [0.1, 0.15) is 17.1 Å². The van der Waals surface area contributed by atoms with Crippen molar-refractivity contribution in [2.24, 2.45) is 5.41 Å². The molecule has 0 amide bonds. The molecule has 20 heavy (non-hydrogen) atoms. The van der Waals surface area contributed by atoms with Gasteiger partial charge < -0.3 is 10.0 Å². The molecule has 0 radical (unpaired) electrons. The summed E-state index contributed by atoms with van der Waals surface area (Å²) in [6.45, 7) is 4.96. The zero-order valence-corrected chi connectivity index (χ0v) is 11.2. The summed E-state index contributed by atoms with van der Waals surface area (Å²) in [6, 6.07) is 1.67. The quantitative estimate of drug-likeness (QED) is 0.908. The van der Waals surface area contributed by atoms with Crippen molar-refractivity contribution in [1.82, 2.24) is 4.98 Å². The van der Waals surface area contributed by atoms with Crippen molar-refractivity contribution in [3.63, 3.8) is 0 Å². The maximum atomic E-state index is 12.7. The largest absolute Gasteiger partial charge is 0.478 e. The second kappa shape index (κ2) is 4.64. The Hall–Kier alpha value is -1.79. The fraction of sp³-hybridized carbons (Fsp3) is 0.538. The summed E-state index contributed by atoms with van der Waals surface area (Å²) in [6.07, 6.45) is -3.80. The van der Waals surface area contributed by atoms with E-state index in [0.29, 0.717) is 19.2 Å². The molecule has 0 unspecified atom stereocenters. The molecule has 1 aromatic rings. The van der Waals surface area contributed by atoms with Gasteiger partial charge >= 0.3 is 12.1 Å². The molecule has 0 atom stereocenters. The number of pyridine rings is 1. The van der Waals surface area contributed by atoms with Gasteiger partial charge in [0.2, 0.25) is 0 Å². The van der Waals surface area contributed by atoms with E-state index in [1.807, 2.05) is 13.8 Å². The van der Waals surface area contributed by atoms with E-state index in [1.165, 1.54) is 0 Å². The summed E-state index contributed by atoms with van der Waals surface area (Å²) in [5.41, 5.74) is -1.33. The van der Waals surface area contributed by atoms with Crippen molar-refractivity contribution in [1.29, 1.82) is 0 Å². The molecule has 0 saturated carbocycles. The number of halogens is 3. The highest BCUT2D eigenvalue weighted by atomic mass is 19.4. The zero-order valence-electron chi connectivity index (χ0n) is 11.2. The van der Waals surface area contributed by atoms with Crippen LogP contribution in [0.1, 0.15) is 36.3 Å². The van der Waals surface area contributed by atoms with E-state index in [2.05, 4.69) is 4.98 Å². The Balaban J connectivity index is 2.46. The third-order valence-corrected chi connectivity index (χ3v) is 3.37. The Bertz CT molecular complexity index is 541. The first-order chi connectivity index (χ1) is 9.10. The minimum Gasteiger partial charge on any atom is -0.478 e. The number of rotatable bonds is 2. The summed E-state index contributed by atoms with van der Waals surface area (Å²) >= 11 is 0. The van der Waals surface area contributed by atoms with Crippen LogP contribution in [-0.2, 0) is 6.18 Å². The topological polar surface area (TPSA) is 53.4 Å². The first kappa shape index (κ1) is 14.6. The SMILES string of the molecule is CC1(C)CCN(c2nc(C(F)(F)F)ccc2C(=O)O)C1. The molecule has 2 heterocycles. The number of aromatic carboxylic acids is 1. The van der Waals surface area contributed by atoms with E-state index >= 15 is 0 Å². The van der Waals surface area contributed by atoms with Crippen LogP contribution < -0.4 is 4.90 Å². The van der Waals surface area contributed by atoms with Crippen molar-refractivity contribution in [2.45, 2.75) is 26.4 Å². The highest BCUT2D eigenvalue weighted by Gasteiger charge is 2.36. The third kappa shape index (κ3) is 2.86. The van der Waals surface area contributed by atoms with Crippen molar-refractivity contribution in [3.05, 3.63) is 23.4 Å². The molecule has 0 aromatic carbocycles. The van der Waals surface area contributed by atoms with Gasteiger partial charge in [-0.15, -0.1) is 0 Å². The van der Waals surface area contributed by atoms with E-state index in [4.69, 9.17) is 5.11 Å². The molecule has 1 aromatic heterocycles. The van der Waals surface area contributed by atoms with E-state index in [9.17, 15) is 18.0 Å². The van der Waals surface area contributed by atoms with Gasteiger partial charge in [0, 0.05) is 13.1 Å². The van der Waals surface area contributed by atoms with Gasteiger partial charge in [-0.05, 0) is 24.0 Å². The summed E-state index contributed by atoms with van der Waals surface area (Å²) in [4.78, 5) is 16.3. The molecular weight excluding hydrogens is 273 g/mol. The van der Waals surface area contributed by atoms with Gasteiger partial charge in [0.25, 0.3) is 0 Å². The average Bonchev–Trinajstić information content (AvgIpc) is 2.67. The maximum Gasteiger partial charge on any atom is 0.433 e. The van der Waals surface area contributed by atoms with Crippen LogP contribution in [0.4, 0.5) is 19.0 Å². The number of carbonyl (C=O) groups is 1. The van der Waals surface area contributed by atoms with Gasteiger partial charge in [-0.25, -0.2) is 9.78 Å². The highest BCUT2D eigenvalue weighted by Crippen LogP contribution is 2.35. The highest BCUT2D eigenvalue weighted by molar-refractivity contribution is 5.93. The molecular formula is C13H15F3N2O2. The standard InChI is InChI=1S/C13H15F3N2O2/c1-12(2)5-6-18(7-12)10-8(11(19)20)3-4-9(17-10)13(14,15)16/h3-4H,5-7H2,1-2H3,(H,19,20). The molecule has 0 spiro atoms. The molecule has 4 nitrogen and oxygen atoms in total. The second-order valence-electron chi connectivity index (χ2n) is 5.71. The molecule has 110 valence electrons. The van der Waals surface area contributed by atoms with Crippen LogP contribution >= 0.6 is 0 Å². The lowest BCUT2D eigenvalue weighted by molar-refractivity contribution is -0.141. The lowest BCUT2D eigenvalue weighted by atomic mass is 9.93. The van der Waals surface area contributed by atoms with Crippen LogP contribution in [0.3, 0.4) is 0 Å². The molecule has 1 N–H and O–H groups in total. The molecule has 7 heteroatoms. The Kier molecular flexibility index (Phi) is 3.39. The molecule has 1 aliphatic rings. The van der Waals surface area contributed by atoms with Crippen LogP contribution in [0.15, 0.2) is 12.1 Å². The Morgan fingerprint density at radius 3 is 2.50 bits per heavy atom. The molecule has 1 fully saturated rings. The number of anilines is 1. The predicted octanol–water partition coefficient (Wildman–Crippen LogP) is 3.03. The minimum atomic E-state index is -4.58. The van der Waals surface area contributed by atoms with E-state index in [1.54, 1.807) is 4.90 Å². The fourth-order valence-electron chi connectivity index (χ4n) is 2.31. The molecule has 1 aliphatic heterocycles. The van der Waals surface area contributed by atoms with E-state index in [-0.39, 0.29) is 16.8 Å². The Labute approximate surface area is 114 Å². The fourth-order valence-corrected chi connectivity index (χ4v) is 2.31. The zero-order chi connectivity index (χ0) is 15.1. The molecule has 0 bridgehead atoms. The number of carboxylic acid groups (broad SMARTS) is 1. The number of carboxylic acids is 1. The van der Waals surface area contributed by atoms with Crippen LogP contribution in [0.5, 0.6) is 0 Å². The Morgan fingerprint density at radius 1 is 1.40 bits per heavy atom. The molecule has 1 saturated heterocycles. The first-order valence-corrected chi connectivity index (χ1v) is 6.17. The summed E-state index contributed by atoms with van der Waals surface area (Å²) < 4.78 is 38.1. The van der Waals surface area contributed by atoms with Crippen molar-refractivity contribution < 1.29 is 23.1 Å². The normalized spacial score (nSPS) is 18.4. The molecule has 0 aliphatic carbocycles. The van der Waals surface area contributed by atoms with Crippen molar-refractivity contribution >= 4 is 11.8 Å².